The van der Waals surface area contributed by atoms with Gasteiger partial charge in [0.25, 0.3) is 0 Å². The number of rotatable bonds is 7. The number of aliphatic imine (C=N–C) groups is 1. The number of carbonyl (C=O) groups excluding carboxylic acids is 1. The van der Waals surface area contributed by atoms with Crippen LogP contribution >= 0.6 is 0 Å². The van der Waals surface area contributed by atoms with Crippen molar-refractivity contribution in [3.05, 3.63) is 47.5 Å². The Labute approximate surface area is 181 Å². The monoisotopic (exact) mass is 420 g/mol. The number of nitrogens with one attached hydrogen (secondary N) is 4. The summed E-state index contributed by atoms with van der Waals surface area (Å²) in [7, 11) is 1.62. The molecule has 0 spiro atoms. The second-order valence-electron chi connectivity index (χ2n) is 7.34. The summed E-state index contributed by atoms with van der Waals surface area (Å²) >= 11 is 0. The number of hydrogen-bond acceptors (Lipinski definition) is 7. The van der Waals surface area contributed by atoms with Gasteiger partial charge in [-0.25, -0.2) is 0 Å². The van der Waals surface area contributed by atoms with E-state index in [1.54, 1.807) is 7.05 Å². The maximum atomic E-state index is 12.1. The minimum Gasteiger partial charge on any atom is -0.398 e. The van der Waals surface area contributed by atoms with Crippen LogP contribution in [0.2, 0.25) is 0 Å². The Balaban J connectivity index is 2.17. The zero-order valence-electron chi connectivity index (χ0n) is 17.7. The smallest absolute Gasteiger partial charge is 0.226 e. The molecule has 1 heterocycles. The lowest BCUT2D eigenvalue weighted by Gasteiger charge is -2.19. The fourth-order valence-corrected chi connectivity index (χ4v) is 3.59. The molecule has 2 aromatic rings. The first kappa shape index (κ1) is 22.0. The van der Waals surface area contributed by atoms with Crippen LogP contribution in [-0.2, 0) is 4.79 Å². The van der Waals surface area contributed by atoms with E-state index in [1.165, 1.54) is 6.21 Å². The molecule has 7 N–H and O–H groups in total. The second kappa shape index (κ2) is 9.90. The van der Waals surface area contributed by atoms with Crippen molar-refractivity contribution in [3.8, 4) is 11.1 Å². The molecule has 0 unspecified atom stereocenters. The van der Waals surface area contributed by atoms with Gasteiger partial charge in [-0.15, -0.1) is 0 Å². The Morgan fingerprint density at radius 1 is 1.39 bits per heavy atom. The van der Waals surface area contributed by atoms with Gasteiger partial charge < -0.3 is 32.2 Å². The van der Waals surface area contributed by atoms with Crippen molar-refractivity contribution in [2.75, 3.05) is 36.1 Å². The Morgan fingerprint density at radius 3 is 2.90 bits per heavy atom. The number of allylic oxidation sites excluding steroid dienone is 1. The van der Waals surface area contributed by atoms with Crippen molar-refractivity contribution >= 4 is 41.1 Å². The standard InChI is InChI=1S/C23H28N6O2/c1-14-10-21(31)29-20-5-3-4-17(23(20)28-14)15-6-7-19(27-8-9-30)18(11-15)22(25)16(12-24)13-26-2/h3-7,11-14,24,27-28,30H,8-10,25H2,1-2H3,(H,29,31)/b22-16-,24-12?,26-13?/t14-/m1/s1. The highest BCUT2D eigenvalue weighted by atomic mass is 16.3. The Morgan fingerprint density at radius 2 is 2.19 bits per heavy atom. The Hall–Kier alpha value is -3.65. The molecule has 162 valence electrons. The quantitative estimate of drug-likeness (QED) is 0.383. The topological polar surface area (TPSA) is 136 Å². The van der Waals surface area contributed by atoms with Crippen LogP contribution < -0.4 is 21.7 Å². The number of aliphatic hydroxyl groups is 1. The van der Waals surface area contributed by atoms with E-state index in [4.69, 9.17) is 11.1 Å². The third kappa shape index (κ3) is 4.92. The number of amides is 1. The first-order valence-electron chi connectivity index (χ1n) is 10.1. The summed E-state index contributed by atoms with van der Waals surface area (Å²) in [6.45, 7) is 2.32. The molecule has 1 atom stereocenters. The van der Waals surface area contributed by atoms with Crippen molar-refractivity contribution < 1.29 is 9.90 Å². The molecule has 1 aliphatic rings. The van der Waals surface area contributed by atoms with Crippen molar-refractivity contribution in [1.29, 1.82) is 5.41 Å². The number of para-hydroxylation sites is 1. The van der Waals surface area contributed by atoms with Gasteiger partial charge in [0, 0.05) is 60.9 Å². The largest absolute Gasteiger partial charge is 0.398 e. The fourth-order valence-electron chi connectivity index (χ4n) is 3.59. The van der Waals surface area contributed by atoms with Crippen LogP contribution in [-0.4, -0.2) is 49.7 Å². The Kier molecular flexibility index (Phi) is 7.04. The molecule has 8 heteroatoms. The van der Waals surface area contributed by atoms with Crippen molar-refractivity contribution in [3.63, 3.8) is 0 Å². The van der Waals surface area contributed by atoms with Gasteiger partial charge in [-0.2, -0.15) is 0 Å². The average Bonchev–Trinajstić information content (AvgIpc) is 2.91. The van der Waals surface area contributed by atoms with Gasteiger partial charge >= 0.3 is 0 Å². The van der Waals surface area contributed by atoms with E-state index in [2.05, 4.69) is 20.9 Å². The van der Waals surface area contributed by atoms with Crippen LogP contribution in [0.4, 0.5) is 17.1 Å². The molecule has 1 amide bonds. The van der Waals surface area contributed by atoms with E-state index in [0.717, 1.165) is 34.4 Å². The third-order valence-corrected chi connectivity index (χ3v) is 5.00. The minimum absolute atomic E-state index is 0.0115. The first-order valence-corrected chi connectivity index (χ1v) is 10.1. The predicted octanol–water partition coefficient (Wildman–Crippen LogP) is 2.92. The SMILES string of the molecule is CN=C/C(C=N)=C(\N)c1cc(-c2cccc3c2N[C@H](C)CC(=O)N3)ccc1NCCO. The summed E-state index contributed by atoms with van der Waals surface area (Å²) in [6, 6.07) is 11.5. The molecule has 0 fully saturated rings. The highest BCUT2D eigenvalue weighted by molar-refractivity contribution is 6.11. The molecule has 0 aliphatic carbocycles. The molecule has 0 saturated carbocycles. The van der Waals surface area contributed by atoms with Gasteiger partial charge in [-0.05, 0) is 30.7 Å². The van der Waals surface area contributed by atoms with Crippen LogP contribution in [0.25, 0.3) is 16.8 Å². The van der Waals surface area contributed by atoms with E-state index >= 15 is 0 Å². The highest BCUT2D eigenvalue weighted by Crippen LogP contribution is 2.38. The summed E-state index contributed by atoms with van der Waals surface area (Å²) in [4.78, 5) is 16.1. The normalized spacial score (nSPS) is 16.6. The molecule has 2 aromatic carbocycles. The lowest BCUT2D eigenvalue weighted by molar-refractivity contribution is -0.116. The number of aliphatic hydroxyl groups excluding tert-OH is 1. The van der Waals surface area contributed by atoms with E-state index in [-0.39, 0.29) is 18.6 Å². The van der Waals surface area contributed by atoms with E-state index in [1.807, 2.05) is 43.3 Å². The number of hydrogen-bond donors (Lipinski definition) is 6. The molecule has 3 rings (SSSR count). The minimum atomic E-state index is -0.0261. The number of benzene rings is 2. The van der Waals surface area contributed by atoms with Crippen molar-refractivity contribution in [1.82, 2.24) is 0 Å². The van der Waals surface area contributed by atoms with Crippen LogP contribution in [0.1, 0.15) is 18.9 Å². The maximum absolute atomic E-state index is 12.1. The van der Waals surface area contributed by atoms with Gasteiger partial charge in [-0.1, -0.05) is 18.2 Å². The number of anilines is 3. The van der Waals surface area contributed by atoms with Crippen LogP contribution in [0.5, 0.6) is 0 Å². The average molecular weight is 421 g/mol. The summed E-state index contributed by atoms with van der Waals surface area (Å²) in [5, 5.41) is 26.5. The molecule has 0 saturated heterocycles. The zero-order chi connectivity index (χ0) is 22.4. The highest BCUT2D eigenvalue weighted by Gasteiger charge is 2.21. The lowest BCUT2D eigenvalue weighted by Crippen LogP contribution is -2.19. The van der Waals surface area contributed by atoms with Gasteiger partial charge in [0.2, 0.25) is 5.91 Å². The second-order valence-corrected chi connectivity index (χ2v) is 7.34. The molecule has 31 heavy (non-hydrogen) atoms. The van der Waals surface area contributed by atoms with E-state index in [0.29, 0.717) is 29.8 Å². The van der Waals surface area contributed by atoms with Crippen LogP contribution in [0.15, 0.2) is 47.0 Å². The van der Waals surface area contributed by atoms with Crippen molar-refractivity contribution in [2.45, 2.75) is 19.4 Å². The van der Waals surface area contributed by atoms with Crippen LogP contribution in [0, 0.1) is 5.41 Å². The third-order valence-electron chi connectivity index (χ3n) is 5.00. The molecule has 1 aliphatic heterocycles. The summed E-state index contributed by atoms with van der Waals surface area (Å²) < 4.78 is 0. The van der Waals surface area contributed by atoms with Gasteiger partial charge in [0.05, 0.1) is 23.7 Å². The number of carbonyl (C=O) groups is 1. The maximum Gasteiger partial charge on any atom is 0.226 e. The zero-order valence-corrected chi connectivity index (χ0v) is 17.7. The van der Waals surface area contributed by atoms with Gasteiger partial charge in [-0.3, -0.25) is 9.79 Å². The summed E-state index contributed by atoms with van der Waals surface area (Å²) in [5.41, 5.74) is 12.2. The van der Waals surface area contributed by atoms with Crippen molar-refractivity contribution in [2.24, 2.45) is 10.7 Å². The fraction of sp³-hybridized carbons (Fsp3) is 0.261. The summed E-state index contributed by atoms with van der Waals surface area (Å²) in [5.74, 6) is -0.0261. The molecule has 0 bridgehead atoms. The van der Waals surface area contributed by atoms with Gasteiger partial charge in [0.15, 0.2) is 0 Å². The van der Waals surface area contributed by atoms with Crippen LogP contribution in [0.3, 0.4) is 0 Å². The van der Waals surface area contributed by atoms with E-state index < -0.39 is 0 Å². The number of fused-ring (bicyclic) bond motifs is 1. The predicted molar refractivity (Wildman–Crippen MR) is 128 cm³/mol. The number of nitrogens with two attached hydrogens (primary N) is 1. The first-order chi connectivity index (χ1) is 15.0. The van der Waals surface area contributed by atoms with Gasteiger partial charge in [0.1, 0.15) is 0 Å². The molecule has 0 radical (unpaired) electrons. The molecular formula is C23H28N6O2. The molecule has 8 nitrogen and oxygen atoms in total. The van der Waals surface area contributed by atoms with E-state index in [9.17, 15) is 9.90 Å². The lowest BCUT2D eigenvalue weighted by atomic mass is 9.96. The molecule has 0 aromatic heterocycles. The molecular weight excluding hydrogens is 392 g/mol. The summed E-state index contributed by atoms with van der Waals surface area (Å²) in [6.07, 6.45) is 3.09. The number of nitrogens with zero attached hydrogens (tertiary/aromatic N) is 1. The Bertz CT molecular complexity index is 1040.